The summed E-state index contributed by atoms with van der Waals surface area (Å²) in [5.74, 6) is 0.833. The molecule has 0 radical (unpaired) electrons. The van der Waals surface area contributed by atoms with Gasteiger partial charge < -0.3 is 0 Å². The average molecular weight is 366 g/mol. The van der Waals surface area contributed by atoms with Gasteiger partial charge in [0.25, 0.3) is 5.56 Å². The number of nitrogens with zero attached hydrogens (tertiary/aromatic N) is 3. The zero-order valence-corrected chi connectivity index (χ0v) is 16.3. The molecule has 0 atom stereocenters. The molecule has 0 bridgehead atoms. The molecule has 3 rings (SSSR count). The second-order valence-corrected chi connectivity index (χ2v) is 7.78. The van der Waals surface area contributed by atoms with Gasteiger partial charge in [-0.05, 0) is 32.3 Å². The van der Waals surface area contributed by atoms with Gasteiger partial charge in [-0.2, -0.15) is 5.26 Å². The van der Waals surface area contributed by atoms with Crippen molar-refractivity contribution in [3.05, 3.63) is 50.9 Å². The van der Waals surface area contributed by atoms with E-state index in [4.69, 9.17) is 10.2 Å². The Morgan fingerprint density at radius 1 is 1.23 bits per heavy atom. The fraction of sp³-hybridized carbons (Fsp3) is 0.381. The molecule has 0 aliphatic carbocycles. The smallest absolute Gasteiger partial charge is 0.262 e. The maximum absolute atomic E-state index is 13.3. The average Bonchev–Trinajstić information content (AvgIpc) is 2.95. The van der Waals surface area contributed by atoms with E-state index in [1.807, 2.05) is 0 Å². The van der Waals surface area contributed by atoms with Crippen LogP contribution in [0.5, 0.6) is 0 Å². The van der Waals surface area contributed by atoms with E-state index in [0.717, 1.165) is 39.5 Å². The summed E-state index contributed by atoms with van der Waals surface area (Å²) in [6.45, 7) is 6.75. The third kappa shape index (κ3) is 3.42. The lowest BCUT2D eigenvalue weighted by Crippen LogP contribution is -2.25. The molecule has 2 aromatic heterocycles. The van der Waals surface area contributed by atoms with Crippen LogP contribution < -0.4 is 5.56 Å². The van der Waals surface area contributed by atoms with E-state index in [2.05, 4.69) is 51.1 Å². The minimum absolute atomic E-state index is 0.0244. The van der Waals surface area contributed by atoms with Crippen LogP contribution in [0, 0.1) is 25.2 Å². The molecule has 0 saturated carbocycles. The highest BCUT2D eigenvalue weighted by atomic mass is 32.1. The topological polar surface area (TPSA) is 58.7 Å². The molecule has 0 fully saturated rings. The lowest BCUT2D eigenvalue weighted by molar-refractivity contribution is 0.585. The second kappa shape index (κ2) is 7.84. The molecular weight excluding hydrogens is 342 g/mol. The standard InChI is InChI=1S/C21H23N3OS/c1-4-7-17-23-20-19(21(25)24(17)13-6-5-12-22)18(15(3)26-20)16-10-8-14(2)9-11-16/h8-11H,4-7,13H2,1-3H3. The van der Waals surface area contributed by atoms with Gasteiger partial charge >= 0.3 is 0 Å². The Morgan fingerprint density at radius 2 is 1.96 bits per heavy atom. The van der Waals surface area contributed by atoms with Crippen LogP contribution in [-0.4, -0.2) is 9.55 Å². The van der Waals surface area contributed by atoms with Gasteiger partial charge in [0.05, 0.1) is 11.5 Å². The Labute approximate surface area is 157 Å². The van der Waals surface area contributed by atoms with Crippen LogP contribution in [0.15, 0.2) is 29.1 Å². The van der Waals surface area contributed by atoms with E-state index in [1.54, 1.807) is 15.9 Å². The highest BCUT2D eigenvalue weighted by Crippen LogP contribution is 2.36. The van der Waals surface area contributed by atoms with Gasteiger partial charge in [-0.3, -0.25) is 9.36 Å². The number of nitriles is 1. The summed E-state index contributed by atoms with van der Waals surface area (Å²) < 4.78 is 1.78. The lowest BCUT2D eigenvalue weighted by Gasteiger charge is -2.12. The number of hydrogen-bond donors (Lipinski definition) is 0. The van der Waals surface area contributed by atoms with Crippen molar-refractivity contribution in [2.75, 3.05) is 0 Å². The number of fused-ring (bicyclic) bond motifs is 1. The summed E-state index contributed by atoms with van der Waals surface area (Å²) >= 11 is 1.59. The van der Waals surface area contributed by atoms with Crippen molar-refractivity contribution in [1.29, 1.82) is 5.26 Å². The van der Waals surface area contributed by atoms with Crippen molar-refractivity contribution in [1.82, 2.24) is 9.55 Å². The van der Waals surface area contributed by atoms with Crippen LogP contribution in [0.1, 0.15) is 42.5 Å². The Morgan fingerprint density at radius 3 is 2.62 bits per heavy atom. The minimum Gasteiger partial charge on any atom is -0.296 e. The highest BCUT2D eigenvalue weighted by Gasteiger charge is 2.19. The van der Waals surface area contributed by atoms with Crippen molar-refractivity contribution in [3.8, 4) is 17.2 Å². The van der Waals surface area contributed by atoms with Crippen molar-refractivity contribution in [2.45, 2.75) is 53.0 Å². The third-order valence-electron chi connectivity index (χ3n) is 4.55. The number of thiophene rings is 1. The first-order chi connectivity index (χ1) is 12.6. The summed E-state index contributed by atoms with van der Waals surface area (Å²) in [7, 11) is 0. The fourth-order valence-electron chi connectivity index (χ4n) is 3.27. The number of benzene rings is 1. The molecule has 2 heterocycles. The second-order valence-electron chi connectivity index (χ2n) is 6.58. The molecule has 0 spiro atoms. The zero-order valence-electron chi connectivity index (χ0n) is 15.5. The van der Waals surface area contributed by atoms with Gasteiger partial charge in [-0.15, -0.1) is 11.3 Å². The number of aromatic nitrogens is 2. The summed E-state index contributed by atoms with van der Waals surface area (Å²) in [6.07, 6.45) is 2.83. The van der Waals surface area contributed by atoms with Gasteiger partial charge in [0.1, 0.15) is 10.7 Å². The Bertz CT molecular complexity index is 1020. The molecular formula is C21H23N3OS. The molecule has 134 valence electrons. The van der Waals surface area contributed by atoms with Crippen LogP contribution in [0.3, 0.4) is 0 Å². The normalized spacial score (nSPS) is 11.0. The number of aryl methyl sites for hydroxylation is 3. The van der Waals surface area contributed by atoms with E-state index in [-0.39, 0.29) is 5.56 Å². The van der Waals surface area contributed by atoms with Crippen LogP contribution in [0.25, 0.3) is 21.3 Å². The largest absolute Gasteiger partial charge is 0.296 e. The molecule has 0 unspecified atom stereocenters. The molecule has 4 nitrogen and oxygen atoms in total. The van der Waals surface area contributed by atoms with Crippen molar-refractivity contribution >= 4 is 21.6 Å². The van der Waals surface area contributed by atoms with Gasteiger partial charge in [0, 0.05) is 29.8 Å². The van der Waals surface area contributed by atoms with Crippen LogP contribution >= 0.6 is 11.3 Å². The van der Waals surface area contributed by atoms with Crippen molar-refractivity contribution < 1.29 is 0 Å². The first kappa shape index (κ1) is 18.3. The maximum atomic E-state index is 13.3. The van der Waals surface area contributed by atoms with Gasteiger partial charge in [0.15, 0.2) is 0 Å². The quantitative estimate of drug-likeness (QED) is 0.578. The Kier molecular flexibility index (Phi) is 5.53. The third-order valence-corrected chi connectivity index (χ3v) is 5.55. The number of unbranched alkanes of at least 4 members (excludes halogenated alkanes) is 1. The Balaban J connectivity index is 2.23. The molecule has 1 aromatic carbocycles. The minimum atomic E-state index is 0.0244. The monoisotopic (exact) mass is 365 g/mol. The highest BCUT2D eigenvalue weighted by molar-refractivity contribution is 7.19. The van der Waals surface area contributed by atoms with Crippen LogP contribution in [0.2, 0.25) is 0 Å². The van der Waals surface area contributed by atoms with Crippen molar-refractivity contribution in [2.24, 2.45) is 0 Å². The van der Waals surface area contributed by atoms with E-state index in [0.29, 0.717) is 24.8 Å². The molecule has 3 aromatic rings. The van der Waals surface area contributed by atoms with E-state index >= 15 is 0 Å². The fourth-order valence-corrected chi connectivity index (χ4v) is 4.32. The van der Waals surface area contributed by atoms with Gasteiger partial charge in [-0.1, -0.05) is 36.8 Å². The molecule has 26 heavy (non-hydrogen) atoms. The maximum Gasteiger partial charge on any atom is 0.262 e. The summed E-state index contributed by atoms with van der Waals surface area (Å²) in [5.41, 5.74) is 3.28. The number of hydrogen-bond acceptors (Lipinski definition) is 4. The Hall–Kier alpha value is -2.45. The molecule has 0 amide bonds. The van der Waals surface area contributed by atoms with E-state index < -0.39 is 0 Å². The SMILES string of the molecule is CCCc1nc2sc(C)c(-c3ccc(C)cc3)c2c(=O)n1CCCC#N. The van der Waals surface area contributed by atoms with E-state index in [9.17, 15) is 4.79 Å². The van der Waals surface area contributed by atoms with E-state index in [1.165, 1.54) is 5.56 Å². The van der Waals surface area contributed by atoms with Gasteiger partial charge in [-0.25, -0.2) is 4.98 Å². The molecule has 5 heteroatoms. The van der Waals surface area contributed by atoms with Crippen LogP contribution in [-0.2, 0) is 13.0 Å². The lowest BCUT2D eigenvalue weighted by atomic mass is 10.0. The number of rotatable bonds is 6. The predicted molar refractivity (Wildman–Crippen MR) is 108 cm³/mol. The van der Waals surface area contributed by atoms with Gasteiger partial charge in [0.2, 0.25) is 0 Å². The predicted octanol–water partition coefficient (Wildman–Crippen LogP) is 5.00. The molecule has 0 aliphatic rings. The zero-order chi connectivity index (χ0) is 18.7. The molecule has 0 saturated heterocycles. The molecule has 0 N–H and O–H groups in total. The van der Waals surface area contributed by atoms with Crippen LogP contribution in [0.4, 0.5) is 0 Å². The summed E-state index contributed by atoms with van der Waals surface area (Å²) in [6, 6.07) is 10.4. The summed E-state index contributed by atoms with van der Waals surface area (Å²) in [4.78, 5) is 20.1. The summed E-state index contributed by atoms with van der Waals surface area (Å²) in [5, 5.41) is 9.54. The first-order valence-corrected chi connectivity index (χ1v) is 9.85. The first-order valence-electron chi connectivity index (χ1n) is 9.03. The van der Waals surface area contributed by atoms with Crippen molar-refractivity contribution in [3.63, 3.8) is 0 Å². The molecule has 0 aliphatic heterocycles.